The molecule has 2 aliphatic heterocycles. The number of aromatic nitrogens is 4. The molecule has 0 unspecified atom stereocenters. The lowest BCUT2D eigenvalue weighted by atomic mass is 9.95. The largest absolute Gasteiger partial charge is 0.477 e. The van der Waals surface area contributed by atoms with E-state index < -0.39 is 17.7 Å². The Morgan fingerprint density at radius 1 is 1.26 bits per heavy atom. The van der Waals surface area contributed by atoms with Crippen molar-refractivity contribution in [2.75, 3.05) is 5.73 Å². The fourth-order valence-corrected chi connectivity index (χ4v) is 5.12. The van der Waals surface area contributed by atoms with Gasteiger partial charge in [-0.3, -0.25) is 4.90 Å². The fraction of sp³-hybridized carbons (Fsp3) is 0.281. The van der Waals surface area contributed by atoms with Crippen molar-refractivity contribution in [1.82, 2.24) is 24.6 Å². The summed E-state index contributed by atoms with van der Waals surface area (Å²) >= 11 is 0. The minimum atomic E-state index is -0.524. The summed E-state index contributed by atoms with van der Waals surface area (Å²) in [6.07, 6.45) is 11.4. The molecule has 0 saturated heterocycles. The molecule has 3 aromatic rings. The van der Waals surface area contributed by atoms with Crippen molar-refractivity contribution in [3.05, 3.63) is 96.0 Å². The van der Waals surface area contributed by atoms with Crippen LogP contribution in [0.5, 0.6) is 0 Å². The number of nitrogen functional groups attached to an aromatic ring is 1. The highest BCUT2D eigenvalue weighted by Crippen LogP contribution is 2.41. The molecular weight excluding hydrogens is 550 g/mol. The summed E-state index contributed by atoms with van der Waals surface area (Å²) in [5.41, 5.74) is 10.3. The summed E-state index contributed by atoms with van der Waals surface area (Å²) in [6, 6.07) is 5.63. The third kappa shape index (κ3) is 5.50. The minimum Gasteiger partial charge on any atom is -0.477 e. The SMILES string of the molecule is C=C1C(c2cccc(F)c2)=C([C@@H](C)n2nc(/C(C)=C/N=C(\CCC)OC3CC3)c3c(N)ncnc32)N=C2C=CC(F)=CN12. The van der Waals surface area contributed by atoms with E-state index in [4.69, 9.17) is 20.6 Å². The molecule has 1 saturated carbocycles. The van der Waals surface area contributed by atoms with Crippen LogP contribution in [0.25, 0.3) is 22.2 Å². The van der Waals surface area contributed by atoms with Gasteiger partial charge >= 0.3 is 0 Å². The van der Waals surface area contributed by atoms with E-state index in [0.717, 1.165) is 31.3 Å². The molecule has 0 bridgehead atoms. The van der Waals surface area contributed by atoms with Crippen LogP contribution in [0.1, 0.15) is 63.8 Å². The minimum absolute atomic E-state index is 0.248. The van der Waals surface area contributed by atoms with Crippen molar-refractivity contribution >= 4 is 39.7 Å². The standard InChI is InChI=1S/C32H32F2N8O/c1-5-7-26(43-24-11-12-24)36-15-18(2)29-28-31(35)37-17-38-32(28)42(40-29)20(4)30-27(21-8-6-9-22(33)14-21)19(3)41-16-23(34)10-13-25(41)39-30/h6,8-10,13-17,20,24H,3,5,7,11-12H2,1-2,4H3,(H2,35,37,38)/b18-15+,36-26+/t20-/m1/s1. The first-order chi connectivity index (χ1) is 20.7. The van der Waals surface area contributed by atoms with Crippen LogP contribution in [-0.4, -0.2) is 42.5 Å². The summed E-state index contributed by atoms with van der Waals surface area (Å²) in [6.45, 7) is 10.1. The third-order valence-electron chi connectivity index (χ3n) is 7.42. The van der Waals surface area contributed by atoms with E-state index in [1.165, 1.54) is 30.7 Å². The molecule has 9 nitrogen and oxygen atoms in total. The number of aliphatic imine (C=N–C) groups is 2. The highest BCUT2D eigenvalue weighted by molar-refractivity contribution is 6.03. The molecule has 11 heteroatoms. The van der Waals surface area contributed by atoms with E-state index in [1.54, 1.807) is 34.0 Å². The average molecular weight is 583 g/mol. The number of hydrogen-bond donors (Lipinski definition) is 1. The molecule has 0 amide bonds. The molecule has 1 atom stereocenters. The maximum absolute atomic E-state index is 14.4. The topological polar surface area (TPSA) is 107 Å². The highest BCUT2D eigenvalue weighted by atomic mass is 19.1. The van der Waals surface area contributed by atoms with Gasteiger partial charge in [-0.05, 0) is 68.5 Å². The number of hydrogen-bond acceptors (Lipinski definition) is 8. The number of nitrogens with zero attached hydrogens (tertiary/aromatic N) is 7. The number of nitrogens with two attached hydrogens (primary N) is 1. The molecule has 220 valence electrons. The van der Waals surface area contributed by atoms with Gasteiger partial charge in [-0.2, -0.15) is 5.10 Å². The van der Waals surface area contributed by atoms with Gasteiger partial charge in [0.05, 0.1) is 17.1 Å². The molecule has 43 heavy (non-hydrogen) atoms. The molecule has 1 aromatic carbocycles. The zero-order valence-corrected chi connectivity index (χ0v) is 24.3. The maximum Gasteiger partial charge on any atom is 0.188 e. The molecule has 6 rings (SSSR count). The molecule has 1 aliphatic carbocycles. The Hall–Kier alpha value is -4.93. The van der Waals surface area contributed by atoms with Crippen LogP contribution in [0.3, 0.4) is 0 Å². The van der Waals surface area contributed by atoms with Crippen LogP contribution in [-0.2, 0) is 4.74 Å². The summed E-state index contributed by atoms with van der Waals surface area (Å²) < 4.78 is 36.4. The van der Waals surface area contributed by atoms with E-state index in [9.17, 15) is 8.78 Å². The molecule has 3 aliphatic rings. The summed E-state index contributed by atoms with van der Waals surface area (Å²) in [7, 11) is 0. The lowest BCUT2D eigenvalue weighted by Crippen LogP contribution is -2.31. The first-order valence-electron chi connectivity index (χ1n) is 14.3. The van der Waals surface area contributed by atoms with Crippen molar-refractivity contribution in [2.45, 2.75) is 58.6 Å². The van der Waals surface area contributed by atoms with Crippen molar-refractivity contribution in [3.8, 4) is 0 Å². The van der Waals surface area contributed by atoms with E-state index in [2.05, 4.69) is 28.5 Å². The Balaban J connectivity index is 1.49. The van der Waals surface area contributed by atoms with Crippen LogP contribution in [0.4, 0.5) is 14.6 Å². The van der Waals surface area contributed by atoms with Crippen molar-refractivity contribution in [2.24, 2.45) is 9.98 Å². The lowest BCUT2D eigenvalue weighted by Gasteiger charge is -2.33. The van der Waals surface area contributed by atoms with Crippen LogP contribution in [0.15, 0.2) is 88.9 Å². The number of benzene rings is 1. The molecule has 2 aromatic heterocycles. The Kier molecular flexibility index (Phi) is 7.47. The predicted octanol–water partition coefficient (Wildman–Crippen LogP) is 6.87. The Labute approximate surface area is 248 Å². The number of amidine groups is 1. The van der Waals surface area contributed by atoms with Crippen molar-refractivity contribution in [1.29, 1.82) is 0 Å². The normalized spacial score (nSPS) is 18.2. The second-order valence-corrected chi connectivity index (χ2v) is 10.7. The summed E-state index contributed by atoms with van der Waals surface area (Å²) in [5, 5.41) is 5.54. The van der Waals surface area contributed by atoms with Crippen LogP contribution < -0.4 is 5.73 Å². The lowest BCUT2D eigenvalue weighted by molar-refractivity contribution is 0.280. The first kappa shape index (κ1) is 28.2. The van der Waals surface area contributed by atoms with E-state index in [1.807, 2.05) is 13.8 Å². The smallest absolute Gasteiger partial charge is 0.188 e. The van der Waals surface area contributed by atoms with E-state index >= 15 is 0 Å². The third-order valence-corrected chi connectivity index (χ3v) is 7.42. The number of anilines is 1. The first-order valence-corrected chi connectivity index (χ1v) is 14.3. The second kappa shape index (κ2) is 11.4. The van der Waals surface area contributed by atoms with Crippen molar-refractivity contribution < 1.29 is 13.5 Å². The van der Waals surface area contributed by atoms with Gasteiger partial charge in [0, 0.05) is 30.1 Å². The fourth-order valence-electron chi connectivity index (χ4n) is 5.12. The molecule has 2 N–H and O–H groups in total. The van der Waals surface area contributed by atoms with Gasteiger partial charge in [-0.25, -0.2) is 33.4 Å². The van der Waals surface area contributed by atoms with Crippen LogP contribution >= 0.6 is 0 Å². The summed E-state index contributed by atoms with van der Waals surface area (Å²) in [5.74, 6) is 0.589. The molecule has 0 radical (unpaired) electrons. The zero-order valence-electron chi connectivity index (χ0n) is 24.3. The summed E-state index contributed by atoms with van der Waals surface area (Å²) in [4.78, 5) is 19.9. The zero-order chi connectivity index (χ0) is 30.2. The van der Waals surface area contributed by atoms with Crippen LogP contribution in [0.2, 0.25) is 0 Å². The Morgan fingerprint density at radius 3 is 2.81 bits per heavy atom. The second-order valence-electron chi connectivity index (χ2n) is 10.7. The van der Waals surface area contributed by atoms with Crippen LogP contribution in [0, 0.1) is 5.82 Å². The maximum atomic E-state index is 14.4. The van der Waals surface area contributed by atoms with Crippen molar-refractivity contribution in [3.63, 3.8) is 0 Å². The van der Waals surface area contributed by atoms with Gasteiger partial charge in [0.1, 0.15) is 41.4 Å². The number of allylic oxidation sites excluding steroid dienone is 5. The Morgan fingerprint density at radius 2 is 2.07 bits per heavy atom. The van der Waals surface area contributed by atoms with Gasteiger partial charge in [0.2, 0.25) is 0 Å². The highest BCUT2D eigenvalue weighted by Gasteiger charge is 2.32. The molecule has 1 fully saturated rings. The van der Waals surface area contributed by atoms with Gasteiger partial charge in [-0.1, -0.05) is 25.6 Å². The van der Waals surface area contributed by atoms with E-state index in [0.29, 0.717) is 51.0 Å². The van der Waals surface area contributed by atoms with Gasteiger partial charge in [0.15, 0.2) is 11.5 Å². The number of fused-ring (bicyclic) bond motifs is 2. The average Bonchev–Trinajstić information content (AvgIpc) is 3.72. The monoisotopic (exact) mass is 582 g/mol. The molecule has 4 heterocycles. The predicted molar refractivity (Wildman–Crippen MR) is 165 cm³/mol. The number of ether oxygens (including phenoxy) is 1. The number of halogens is 2. The quantitative estimate of drug-likeness (QED) is 0.230. The van der Waals surface area contributed by atoms with Gasteiger partial charge in [0.25, 0.3) is 0 Å². The van der Waals surface area contributed by atoms with Gasteiger partial charge < -0.3 is 10.5 Å². The van der Waals surface area contributed by atoms with E-state index in [-0.39, 0.29) is 11.9 Å². The Bertz CT molecular complexity index is 1810. The molecular formula is C32H32F2N8O. The van der Waals surface area contributed by atoms with Gasteiger partial charge in [-0.15, -0.1) is 0 Å². The number of rotatable bonds is 8. The molecule has 0 spiro atoms.